The van der Waals surface area contributed by atoms with Crippen LogP contribution >= 0.6 is 0 Å². The summed E-state index contributed by atoms with van der Waals surface area (Å²) < 4.78 is 58.6. The molecule has 2 aromatic rings. The average molecular weight is 277 g/mol. The van der Waals surface area contributed by atoms with Gasteiger partial charge in [-0.25, -0.2) is 0 Å². The number of halogens is 3. The van der Waals surface area contributed by atoms with Crippen molar-refractivity contribution in [3.05, 3.63) is 36.5 Å². The minimum Gasteiger partial charge on any atom is -0.195 e. The molecule has 0 fully saturated rings. The van der Waals surface area contributed by atoms with Gasteiger partial charge < -0.3 is 0 Å². The van der Waals surface area contributed by atoms with E-state index in [-0.39, 0.29) is 9.78 Å². The maximum absolute atomic E-state index is 12.3. The molecule has 9 heteroatoms. The van der Waals surface area contributed by atoms with Crippen LogP contribution in [0.1, 0.15) is 0 Å². The smallest absolute Gasteiger partial charge is 0.195 e. The number of nitrogens with zero attached hydrogens (tertiary/aromatic N) is 3. The lowest BCUT2D eigenvalue weighted by Gasteiger charge is -2.05. The zero-order valence-electron chi connectivity index (χ0n) is 8.66. The van der Waals surface area contributed by atoms with Gasteiger partial charge in [-0.3, -0.25) is 0 Å². The molecule has 0 saturated heterocycles. The summed E-state index contributed by atoms with van der Waals surface area (Å²) in [6.07, 6.45) is 0.720. The summed E-state index contributed by atoms with van der Waals surface area (Å²) in [4.78, 5) is 0. The maximum Gasteiger partial charge on any atom is 0.518 e. The Balaban J connectivity index is 2.45. The van der Waals surface area contributed by atoms with Crippen molar-refractivity contribution in [3.8, 4) is 11.3 Å². The van der Waals surface area contributed by atoms with Gasteiger partial charge >= 0.3 is 15.5 Å². The third-order valence-corrected chi connectivity index (χ3v) is 3.34. The molecule has 0 amide bonds. The van der Waals surface area contributed by atoms with Crippen molar-refractivity contribution in [1.29, 1.82) is 0 Å². The van der Waals surface area contributed by atoms with Crippen LogP contribution in [0.5, 0.6) is 0 Å². The SMILES string of the molecule is O=S(=O)(n1cc(-c2ccccc2)nn1)C(F)(F)F. The molecule has 0 N–H and O–H groups in total. The molecular weight excluding hydrogens is 271 g/mol. The lowest BCUT2D eigenvalue weighted by atomic mass is 10.2. The van der Waals surface area contributed by atoms with E-state index < -0.39 is 15.5 Å². The molecular formula is C9H6F3N3O2S. The van der Waals surface area contributed by atoms with Gasteiger partial charge in [-0.05, 0) is 0 Å². The van der Waals surface area contributed by atoms with Crippen molar-refractivity contribution in [2.24, 2.45) is 0 Å². The predicted molar refractivity (Wildman–Crippen MR) is 55.8 cm³/mol. The van der Waals surface area contributed by atoms with Crippen LogP contribution in [-0.2, 0) is 10.0 Å². The second kappa shape index (κ2) is 4.09. The average Bonchev–Trinajstić information content (AvgIpc) is 2.78. The highest BCUT2D eigenvalue weighted by Crippen LogP contribution is 2.25. The molecule has 1 aromatic carbocycles. The number of alkyl halides is 3. The standard InChI is InChI=1S/C9H6F3N3O2S/c10-9(11,12)18(16,17)15-6-8(13-14-15)7-4-2-1-3-5-7/h1-6H. The minimum atomic E-state index is -5.52. The molecule has 0 atom stereocenters. The highest BCUT2D eigenvalue weighted by molar-refractivity contribution is 7.90. The second-order valence-electron chi connectivity index (χ2n) is 3.29. The first-order chi connectivity index (χ1) is 8.32. The molecule has 18 heavy (non-hydrogen) atoms. The molecule has 96 valence electrons. The number of benzene rings is 1. The third kappa shape index (κ3) is 2.08. The van der Waals surface area contributed by atoms with Gasteiger partial charge in [0.1, 0.15) is 5.69 Å². The third-order valence-electron chi connectivity index (χ3n) is 2.08. The van der Waals surface area contributed by atoms with Crippen molar-refractivity contribution in [2.75, 3.05) is 0 Å². The molecule has 2 rings (SSSR count). The van der Waals surface area contributed by atoms with E-state index in [1.807, 2.05) is 0 Å². The van der Waals surface area contributed by atoms with Gasteiger partial charge in [-0.15, -0.1) is 9.19 Å². The van der Waals surface area contributed by atoms with Gasteiger partial charge in [0.05, 0.1) is 6.20 Å². The Morgan fingerprint density at radius 2 is 1.72 bits per heavy atom. The van der Waals surface area contributed by atoms with Crippen LogP contribution in [0.3, 0.4) is 0 Å². The lowest BCUT2D eigenvalue weighted by Crippen LogP contribution is -2.30. The van der Waals surface area contributed by atoms with E-state index >= 15 is 0 Å². The van der Waals surface area contributed by atoms with E-state index in [0.29, 0.717) is 5.56 Å². The normalized spacial score (nSPS) is 12.6. The monoisotopic (exact) mass is 277 g/mol. The Bertz CT molecular complexity index is 649. The van der Waals surface area contributed by atoms with Crippen LogP contribution in [0, 0.1) is 0 Å². The molecule has 0 spiro atoms. The van der Waals surface area contributed by atoms with Gasteiger partial charge in [0.25, 0.3) is 0 Å². The van der Waals surface area contributed by atoms with E-state index in [2.05, 4.69) is 10.3 Å². The summed E-state index contributed by atoms with van der Waals surface area (Å²) in [5.41, 5.74) is -4.89. The highest BCUT2D eigenvalue weighted by Gasteiger charge is 2.48. The summed E-state index contributed by atoms with van der Waals surface area (Å²) in [5, 5.41) is 6.39. The quantitative estimate of drug-likeness (QED) is 0.837. The van der Waals surface area contributed by atoms with Crippen LogP contribution in [0.15, 0.2) is 36.5 Å². The molecule has 0 radical (unpaired) electrons. The van der Waals surface area contributed by atoms with Crippen molar-refractivity contribution >= 4 is 10.0 Å². The highest BCUT2D eigenvalue weighted by atomic mass is 32.2. The fourth-order valence-corrected chi connectivity index (χ4v) is 1.80. The van der Waals surface area contributed by atoms with E-state index in [0.717, 1.165) is 6.20 Å². The van der Waals surface area contributed by atoms with Crippen LogP contribution < -0.4 is 0 Å². The fraction of sp³-hybridized carbons (Fsp3) is 0.111. The van der Waals surface area contributed by atoms with Gasteiger partial charge in [0.15, 0.2) is 0 Å². The topological polar surface area (TPSA) is 64.8 Å². The van der Waals surface area contributed by atoms with Gasteiger partial charge in [-0.1, -0.05) is 35.5 Å². The van der Waals surface area contributed by atoms with Gasteiger partial charge in [0.2, 0.25) is 0 Å². The molecule has 0 aliphatic rings. The Hall–Kier alpha value is -1.90. The number of hydrogen-bond donors (Lipinski definition) is 0. The number of rotatable bonds is 2. The van der Waals surface area contributed by atoms with Crippen molar-refractivity contribution in [1.82, 2.24) is 14.4 Å². The van der Waals surface area contributed by atoms with Crippen molar-refractivity contribution < 1.29 is 21.6 Å². The summed E-state index contributed by atoms with van der Waals surface area (Å²) in [6.45, 7) is 0. The first-order valence-electron chi connectivity index (χ1n) is 4.62. The van der Waals surface area contributed by atoms with Crippen LogP contribution in [-0.4, -0.2) is 28.3 Å². The van der Waals surface area contributed by atoms with Crippen LogP contribution in [0.4, 0.5) is 13.2 Å². The molecule has 0 unspecified atom stereocenters. The number of aromatic nitrogens is 3. The zero-order chi connectivity index (χ0) is 13.4. The molecule has 0 saturated carbocycles. The van der Waals surface area contributed by atoms with E-state index in [4.69, 9.17) is 0 Å². The Morgan fingerprint density at radius 3 is 2.28 bits per heavy atom. The first-order valence-corrected chi connectivity index (χ1v) is 6.06. The Labute approximate surface area is 99.9 Å². The first kappa shape index (κ1) is 12.6. The van der Waals surface area contributed by atoms with E-state index in [9.17, 15) is 21.6 Å². The van der Waals surface area contributed by atoms with Crippen LogP contribution in [0.2, 0.25) is 0 Å². The predicted octanol–water partition coefficient (Wildman–Crippen LogP) is 1.64. The van der Waals surface area contributed by atoms with Crippen molar-refractivity contribution in [3.63, 3.8) is 0 Å². The minimum absolute atomic E-state index is 0.0448. The van der Waals surface area contributed by atoms with Gasteiger partial charge in [0, 0.05) is 5.56 Å². The zero-order valence-corrected chi connectivity index (χ0v) is 9.48. The molecule has 0 aliphatic carbocycles. The summed E-state index contributed by atoms with van der Waals surface area (Å²) in [7, 11) is -5.52. The van der Waals surface area contributed by atoms with Crippen molar-refractivity contribution in [2.45, 2.75) is 5.51 Å². The molecule has 0 aliphatic heterocycles. The van der Waals surface area contributed by atoms with Crippen LogP contribution in [0.25, 0.3) is 11.3 Å². The largest absolute Gasteiger partial charge is 0.518 e. The molecule has 1 heterocycles. The summed E-state index contributed by atoms with van der Waals surface area (Å²) >= 11 is 0. The summed E-state index contributed by atoms with van der Waals surface area (Å²) in [5.74, 6) is 0. The Kier molecular flexibility index (Phi) is 2.85. The lowest BCUT2D eigenvalue weighted by molar-refractivity contribution is -0.0450. The second-order valence-corrected chi connectivity index (χ2v) is 5.08. The summed E-state index contributed by atoms with van der Waals surface area (Å²) in [6, 6.07) is 8.16. The van der Waals surface area contributed by atoms with E-state index in [1.54, 1.807) is 30.3 Å². The maximum atomic E-state index is 12.3. The van der Waals surface area contributed by atoms with Gasteiger partial charge in [-0.2, -0.15) is 21.6 Å². The molecule has 1 aromatic heterocycles. The van der Waals surface area contributed by atoms with E-state index in [1.165, 1.54) is 0 Å². The Morgan fingerprint density at radius 1 is 1.11 bits per heavy atom. The molecule has 5 nitrogen and oxygen atoms in total. The molecule has 0 bridgehead atoms. The fourth-order valence-electron chi connectivity index (χ4n) is 1.21. The number of hydrogen-bond acceptors (Lipinski definition) is 4.